The van der Waals surface area contributed by atoms with Crippen LogP contribution >= 0.6 is 11.6 Å². The van der Waals surface area contributed by atoms with E-state index in [-0.39, 0.29) is 5.56 Å². The molecule has 0 saturated carbocycles. The van der Waals surface area contributed by atoms with Crippen LogP contribution < -0.4 is 0 Å². The number of aromatic nitrogens is 3. The van der Waals surface area contributed by atoms with E-state index < -0.39 is 5.97 Å². The Morgan fingerprint density at radius 1 is 1.50 bits per heavy atom. The molecule has 6 nitrogen and oxygen atoms in total. The van der Waals surface area contributed by atoms with E-state index in [1.54, 1.807) is 4.40 Å². The van der Waals surface area contributed by atoms with Crippen LogP contribution in [0.4, 0.5) is 0 Å². The summed E-state index contributed by atoms with van der Waals surface area (Å²) >= 11 is 5.99. The highest BCUT2D eigenvalue weighted by Gasteiger charge is 2.13. The molecule has 0 amide bonds. The minimum atomic E-state index is -1.02. The summed E-state index contributed by atoms with van der Waals surface area (Å²) in [6, 6.07) is 1.38. The summed E-state index contributed by atoms with van der Waals surface area (Å²) in [5.41, 5.74) is 0.605. The van der Waals surface area contributed by atoms with Gasteiger partial charge in [0, 0.05) is 19.2 Å². The summed E-state index contributed by atoms with van der Waals surface area (Å²) in [5.74, 6) is -0.324. The third-order valence-corrected chi connectivity index (χ3v) is 2.84. The number of likely N-dealkylation sites (N-methyl/N-ethyl adjacent to an activating group) is 1. The third-order valence-electron chi connectivity index (χ3n) is 2.56. The molecule has 0 saturated heterocycles. The Labute approximate surface area is 109 Å². The van der Waals surface area contributed by atoms with Gasteiger partial charge in [0.1, 0.15) is 5.82 Å². The van der Waals surface area contributed by atoms with E-state index in [2.05, 4.69) is 10.2 Å². The van der Waals surface area contributed by atoms with Gasteiger partial charge in [0.05, 0.1) is 10.6 Å². The first-order valence-electron chi connectivity index (χ1n) is 5.40. The number of nitrogens with zero attached hydrogens (tertiary/aromatic N) is 4. The van der Waals surface area contributed by atoms with Crippen molar-refractivity contribution in [1.82, 2.24) is 19.5 Å². The number of pyridine rings is 1. The molecular weight excluding hydrogens is 256 g/mol. The first-order valence-corrected chi connectivity index (χ1v) is 5.78. The monoisotopic (exact) mass is 268 g/mol. The zero-order valence-corrected chi connectivity index (χ0v) is 10.8. The van der Waals surface area contributed by atoms with Crippen molar-refractivity contribution >= 4 is 23.2 Å². The molecule has 0 unspecified atom stereocenters. The van der Waals surface area contributed by atoms with Crippen LogP contribution in [0.5, 0.6) is 0 Å². The summed E-state index contributed by atoms with van der Waals surface area (Å²) < 4.78 is 1.63. The molecule has 2 heterocycles. The second-order valence-corrected chi connectivity index (χ2v) is 4.65. The molecule has 2 aromatic heterocycles. The lowest BCUT2D eigenvalue weighted by Gasteiger charge is -2.08. The molecule has 0 atom stereocenters. The fourth-order valence-corrected chi connectivity index (χ4v) is 1.86. The number of halogens is 1. The summed E-state index contributed by atoms with van der Waals surface area (Å²) in [6.07, 6.45) is 2.17. The van der Waals surface area contributed by atoms with Gasteiger partial charge in [-0.1, -0.05) is 11.6 Å². The molecule has 1 N–H and O–H groups in total. The fourth-order valence-electron chi connectivity index (χ4n) is 1.61. The smallest absolute Gasteiger partial charge is 0.337 e. The van der Waals surface area contributed by atoms with E-state index in [0.717, 1.165) is 6.54 Å². The zero-order valence-electron chi connectivity index (χ0n) is 10.1. The number of hydrogen-bond acceptors (Lipinski definition) is 4. The van der Waals surface area contributed by atoms with Crippen molar-refractivity contribution in [2.45, 2.75) is 6.42 Å². The standard InChI is InChI=1S/C11H13ClN4O2/c1-15(2)4-3-9-13-14-10-8(12)5-7(11(17)18)6-16(9)10/h5-6H,3-4H2,1-2H3,(H,17,18). The molecule has 0 fully saturated rings. The molecular formula is C11H13ClN4O2. The van der Waals surface area contributed by atoms with Gasteiger partial charge in [-0.05, 0) is 20.2 Å². The topological polar surface area (TPSA) is 70.7 Å². The normalized spacial score (nSPS) is 11.3. The van der Waals surface area contributed by atoms with Gasteiger partial charge in [-0.25, -0.2) is 4.79 Å². The summed E-state index contributed by atoms with van der Waals surface area (Å²) in [4.78, 5) is 13.0. The highest BCUT2D eigenvalue weighted by molar-refractivity contribution is 6.33. The number of carboxylic acid groups (broad SMARTS) is 1. The lowest BCUT2D eigenvalue weighted by atomic mass is 10.3. The maximum atomic E-state index is 11.0. The molecule has 0 spiro atoms. The van der Waals surface area contributed by atoms with Crippen LogP contribution in [0.2, 0.25) is 5.02 Å². The summed E-state index contributed by atoms with van der Waals surface area (Å²) in [5, 5.41) is 17.3. The van der Waals surface area contributed by atoms with Crippen LogP contribution in [-0.4, -0.2) is 51.2 Å². The molecule has 7 heteroatoms. The Morgan fingerprint density at radius 2 is 2.22 bits per heavy atom. The first-order chi connectivity index (χ1) is 8.49. The third kappa shape index (κ3) is 2.44. The van der Waals surface area contributed by atoms with E-state index in [9.17, 15) is 4.79 Å². The number of fused-ring (bicyclic) bond motifs is 1. The van der Waals surface area contributed by atoms with Crippen molar-refractivity contribution in [3.05, 3.63) is 28.7 Å². The number of rotatable bonds is 4. The second-order valence-electron chi connectivity index (χ2n) is 4.24. The van der Waals surface area contributed by atoms with Crippen molar-refractivity contribution in [2.75, 3.05) is 20.6 Å². The van der Waals surface area contributed by atoms with E-state index in [1.807, 2.05) is 19.0 Å². The quantitative estimate of drug-likeness (QED) is 0.902. The maximum absolute atomic E-state index is 11.0. The SMILES string of the molecule is CN(C)CCc1nnc2c(Cl)cc(C(=O)O)cn12. The van der Waals surface area contributed by atoms with Crippen LogP contribution in [0, 0.1) is 0 Å². The van der Waals surface area contributed by atoms with Gasteiger partial charge < -0.3 is 10.0 Å². The molecule has 0 aromatic carbocycles. The Morgan fingerprint density at radius 3 is 2.83 bits per heavy atom. The highest BCUT2D eigenvalue weighted by atomic mass is 35.5. The lowest BCUT2D eigenvalue weighted by Crippen LogP contribution is -2.16. The van der Waals surface area contributed by atoms with Crippen molar-refractivity contribution < 1.29 is 9.90 Å². The summed E-state index contributed by atoms with van der Waals surface area (Å²) in [6.45, 7) is 0.801. The minimum absolute atomic E-state index is 0.124. The average Bonchev–Trinajstić information content (AvgIpc) is 2.69. The molecule has 2 rings (SSSR count). The Bertz CT molecular complexity index is 594. The second kappa shape index (κ2) is 4.91. The number of aromatic carboxylic acids is 1. The van der Waals surface area contributed by atoms with E-state index in [1.165, 1.54) is 12.3 Å². The Hall–Kier alpha value is -1.66. The number of carbonyl (C=O) groups is 1. The van der Waals surface area contributed by atoms with Gasteiger partial charge in [0.2, 0.25) is 0 Å². The lowest BCUT2D eigenvalue weighted by molar-refractivity contribution is 0.0696. The molecule has 96 valence electrons. The van der Waals surface area contributed by atoms with Crippen molar-refractivity contribution in [2.24, 2.45) is 0 Å². The minimum Gasteiger partial charge on any atom is -0.478 e. The van der Waals surface area contributed by atoms with Crippen molar-refractivity contribution in [3.8, 4) is 0 Å². The molecule has 2 aromatic rings. The first kappa shape index (κ1) is 12.8. The van der Waals surface area contributed by atoms with Crippen LogP contribution in [0.25, 0.3) is 5.65 Å². The maximum Gasteiger partial charge on any atom is 0.337 e. The molecule has 0 bridgehead atoms. The Kier molecular flexibility index (Phi) is 3.49. The van der Waals surface area contributed by atoms with Crippen LogP contribution in [0.15, 0.2) is 12.3 Å². The highest BCUT2D eigenvalue weighted by Crippen LogP contribution is 2.18. The van der Waals surface area contributed by atoms with Crippen LogP contribution in [0.1, 0.15) is 16.2 Å². The van der Waals surface area contributed by atoms with E-state index in [4.69, 9.17) is 16.7 Å². The number of carboxylic acids is 1. The van der Waals surface area contributed by atoms with Gasteiger partial charge in [-0.3, -0.25) is 4.40 Å². The summed E-state index contributed by atoms with van der Waals surface area (Å²) in [7, 11) is 3.91. The van der Waals surface area contributed by atoms with Gasteiger partial charge in [0.15, 0.2) is 5.65 Å². The van der Waals surface area contributed by atoms with Gasteiger partial charge >= 0.3 is 5.97 Å². The molecule has 0 radical (unpaired) electrons. The average molecular weight is 269 g/mol. The van der Waals surface area contributed by atoms with Gasteiger partial charge in [-0.2, -0.15) is 0 Å². The molecule has 0 aliphatic carbocycles. The van der Waals surface area contributed by atoms with Gasteiger partial charge in [0.25, 0.3) is 0 Å². The van der Waals surface area contributed by atoms with Crippen LogP contribution in [-0.2, 0) is 6.42 Å². The largest absolute Gasteiger partial charge is 0.478 e. The predicted octanol–water partition coefficient (Wildman–Crippen LogP) is 1.18. The molecule has 0 aliphatic heterocycles. The van der Waals surface area contributed by atoms with Gasteiger partial charge in [-0.15, -0.1) is 10.2 Å². The fraction of sp³-hybridized carbons (Fsp3) is 0.364. The van der Waals surface area contributed by atoms with E-state index >= 15 is 0 Å². The van der Waals surface area contributed by atoms with Crippen LogP contribution in [0.3, 0.4) is 0 Å². The number of hydrogen-bond donors (Lipinski definition) is 1. The van der Waals surface area contributed by atoms with Crippen molar-refractivity contribution in [3.63, 3.8) is 0 Å². The van der Waals surface area contributed by atoms with E-state index in [0.29, 0.717) is 22.9 Å². The van der Waals surface area contributed by atoms with Crippen molar-refractivity contribution in [1.29, 1.82) is 0 Å². The predicted molar refractivity (Wildman–Crippen MR) is 67.2 cm³/mol. The molecule has 18 heavy (non-hydrogen) atoms. The molecule has 0 aliphatic rings. The Balaban J connectivity index is 2.46. The zero-order chi connectivity index (χ0) is 13.3.